The summed E-state index contributed by atoms with van der Waals surface area (Å²) in [5.41, 5.74) is 8.42. The zero-order chi connectivity index (χ0) is 11.5. The van der Waals surface area contributed by atoms with Crippen LogP contribution in [0.4, 0.5) is 0 Å². The van der Waals surface area contributed by atoms with Crippen molar-refractivity contribution in [1.82, 2.24) is 9.78 Å². The Hall–Kier alpha value is -1.13. The first-order valence-electron chi connectivity index (χ1n) is 5.14. The molecule has 2 rings (SSSR count). The number of benzene rings is 1. The second-order valence-corrected chi connectivity index (χ2v) is 4.70. The van der Waals surface area contributed by atoms with Crippen LogP contribution >= 0.6 is 15.9 Å². The largest absolute Gasteiger partial charge is 0.324 e. The summed E-state index contributed by atoms with van der Waals surface area (Å²) >= 11 is 3.53. The minimum absolute atomic E-state index is 0.00704. The van der Waals surface area contributed by atoms with Gasteiger partial charge in [-0.1, -0.05) is 34.1 Å². The summed E-state index contributed by atoms with van der Waals surface area (Å²) in [5, 5.41) is 4.13. The van der Waals surface area contributed by atoms with Gasteiger partial charge in [0.15, 0.2) is 0 Å². The fraction of sp³-hybridized carbons (Fsp3) is 0.250. The number of hydrogen-bond donors (Lipinski definition) is 1. The van der Waals surface area contributed by atoms with Crippen molar-refractivity contribution in [3.05, 3.63) is 52.3 Å². The van der Waals surface area contributed by atoms with E-state index in [2.05, 4.69) is 27.1 Å². The predicted octanol–water partition coefficient (Wildman–Crippen LogP) is 2.43. The number of aromatic nitrogens is 2. The highest BCUT2D eigenvalue weighted by molar-refractivity contribution is 9.10. The quantitative estimate of drug-likeness (QED) is 0.938. The molecule has 0 fully saturated rings. The van der Waals surface area contributed by atoms with Gasteiger partial charge in [0.25, 0.3) is 0 Å². The molecule has 3 nitrogen and oxygen atoms in total. The van der Waals surface area contributed by atoms with Crippen molar-refractivity contribution in [2.24, 2.45) is 12.8 Å². The van der Waals surface area contributed by atoms with E-state index in [9.17, 15) is 0 Å². The van der Waals surface area contributed by atoms with E-state index in [0.717, 1.165) is 16.5 Å². The fourth-order valence-electron chi connectivity index (χ4n) is 1.65. The summed E-state index contributed by atoms with van der Waals surface area (Å²) in [5.74, 6) is 0. The van der Waals surface area contributed by atoms with Crippen LogP contribution in [0.5, 0.6) is 0 Å². The minimum Gasteiger partial charge on any atom is -0.324 e. The van der Waals surface area contributed by atoms with Crippen LogP contribution in [-0.4, -0.2) is 9.78 Å². The molecule has 2 N–H and O–H groups in total. The zero-order valence-electron chi connectivity index (χ0n) is 9.10. The summed E-state index contributed by atoms with van der Waals surface area (Å²) in [6.45, 7) is 0. The first-order valence-corrected chi connectivity index (χ1v) is 5.93. The van der Waals surface area contributed by atoms with Crippen LogP contribution < -0.4 is 5.73 Å². The average Bonchev–Trinajstić information content (AvgIpc) is 2.68. The molecule has 1 atom stereocenters. The standard InChI is InChI=1S/C12H14BrN3/c1-16-8-10(7-15-16)12(14)6-9-4-2-3-5-11(9)13/h2-5,7-8,12H,6,14H2,1H3. The Bertz CT molecular complexity index is 479. The van der Waals surface area contributed by atoms with Gasteiger partial charge in [-0.2, -0.15) is 5.10 Å². The molecular weight excluding hydrogens is 266 g/mol. The number of halogens is 1. The highest BCUT2D eigenvalue weighted by Crippen LogP contribution is 2.21. The van der Waals surface area contributed by atoms with Crippen LogP contribution in [0.2, 0.25) is 0 Å². The van der Waals surface area contributed by atoms with E-state index < -0.39 is 0 Å². The molecular formula is C12H14BrN3. The lowest BCUT2D eigenvalue weighted by molar-refractivity contribution is 0.715. The maximum atomic E-state index is 6.14. The Morgan fingerprint density at radius 2 is 2.19 bits per heavy atom. The summed E-state index contributed by atoms with van der Waals surface area (Å²) in [6.07, 6.45) is 4.59. The molecule has 1 aromatic heterocycles. The van der Waals surface area contributed by atoms with E-state index in [1.165, 1.54) is 5.56 Å². The normalized spacial score (nSPS) is 12.7. The second-order valence-electron chi connectivity index (χ2n) is 3.85. The van der Waals surface area contributed by atoms with Gasteiger partial charge in [0.1, 0.15) is 0 Å². The van der Waals surface area contributed by atoms with Gasteiger partial charge in [0.2, 0.25) is 0 Å². The highest BCUT2D eigenvalue weighted by Gasteiger charge is 2.10. The molecule has 1 aromatic carbocycles. The first-order chi connectivity index (χ1) is 7.66. The van der Waals surface area contributed by atoms with Crippen molar-refractivity contribution >= 4 is 15.9 Å². The van der Waals surface area contributed by atoms with Crippen molar-refractivity contribution in [2.75, 3.05) is 0 Å². The van der Waals surface area contributed by atoms with Crippen molar-refractivity contribution in [1.29, 1.82) is 0 Å². The second kappa shape index (κ2) is 4.80. The van der Waals surface area contributed by atoms with Crippen molar-refractivity contribution in [3.63, 3.8) is 0 Å². The smallest absolute Gasteiger partial charge is 0.0537 e. The van der Waals surface area contributed by atoms with Gasteiger partial charge in [-0.25, -0.2) is 0 Å². The third-order valence-electron chi connectivity index (χ3n) is 2.55. The van der Waals surface area contributed by atoms with E-state index in [4.69, 9.17) is 5.73 Å². The number of nitrogens with two attached hydrogens (primary N) is 1. The Kier molecular flexibility index (Phi) is 3.41. The monoisotopic (exact) mass is 279 g/mol. The Morgan fingerprint density at radius 3 is 2.81 bits per heavy atom. The summed E-state index contributed by atoms with van der Waals surface area (Å²) < 4.78 is 2.88. The van der Waals surface area contributed by atoms with Crippen molar-refractivity contribution in [3.8, 4) is 0 Å². The maximum absolute atomic E-state index is 6.14. The molecule has 0 aliphatic carbocycles. The predicted molar refractivity (Wildman–Crippen MR) is 68.0 cm³/mol. The molecule has 0 spiro atoms. The van der Waals surface area contributed by atoms with Crippen LogP contribution in [0.3, 0.4) is 0 Å². The lowest BCUT2D eigenvalue weighted by atomic mass is 10.0. The molecule has 0 saturated carbocycles. The average molecular weight is 280 g/mol. The van der Waals surface area contributed by atoms with Gasteiger partial charge in [-0.15, -0.1) is 0 Å². The van der Waals surface area contributed by atoms with E-state index in [1.807, 2.05) is 37.6 Å². The highest BCUT2D eigenvalue weighted by atomic mass is 79.9. The molecule has 0 radical (unpaired) electrons. The topological polar surface area (TPSA) is 43.8 Å². The molecule has 0 amide bonds. The molecule has 1 unspecified atom stereocenters. The van der Waals surface area contributed by atoms with Crippen LogP contribution in [0.1, 0.15) is 17.2 Å². The van der Waals surface area contributed by atoms with E-state index in [-0.39, 0.29) is 6.04 Å². The zero-order valence-corrected chi connectivity index (χ0v) is 10.7. The van der Waals surface area contributed by atoms with Crippen LogP contribution in [0.25, 0.3) is 0 Å². The van der Waals surface area contributed by atoms with Crippen LogP contribution in [-0.2, 0) is 13.5 Å². The number of rotatable bonds is 3. The number of hydrogen-bond acceptors (Lipinski definition) is 2. The summed E-state index contributed by atoms with van der Waals surface area (Å²) in [4.78, 5) is 0. The van der Waals surface area contributed by atoms with E-state index in [0.29, 0.717) is 0 Å². The van der Waals surface area contributed by atoms with Crippen LogP contribution in [0, 0.1) is 0 Å². The summed E-state index contributed by atoms with van der Waals surface area (Å²) in [6, 6.07) is 8.14. The summed E-state index contributed by atoms with van der Waals surface area (Å²) in [7, 11) is 1.90. The van der Waals surface area contributed by atoms with E-state index in [1.54, 1.807) is 4.68 Å². The third kappa shape index (κ3) is 2.51. The molecule has 0 aliphatic heterocycles. The molecule has 0 aliphatic rings. The Balaban J connectivity index is 2.13. The van der Waals surface area contributed by atoms with Gasteiger partial charge in [0, 0.05) is 29.3 Å². The van der Waals surface area contributed by atoms with Gasteiger partial charge in [-0.05, 0) is 18.1 Å². The third-order valence-corrected chi connectivity index (χ3v) is 3.32. The lowest BCUT2D eigenvalue weighted by Crippen LogP contribution is -2.12. The van der Waals surface area contributed by atoms with Crippen LogP contribution in [0.15, 0.2) is 41.1 Å². The van der Waals surface area contributed by atoms with E-state index >= 15 is 0 Å². The molecule has 84 valence electrons. The van der Waals surface area contributed by atoms with Gasteiger partial charge in [0.05, 0.1) is 6.20 Å². The number of nitrogens with zero attached hydrogens (tertiary/aromatic N) is 2. The molecule has 0 saturated heterocycles. The first kappa shape index (κ1) is 11.4. The SMILES string of the molecule is Cn1cc(C(N)Cc2ccccc2Br)cn1. The van der Waals surface area contributed by atoms with Gasteiger partial charge >= 0.3 is 0 Å². The number of aryl methyl sites for hydroxylation is 1. The molecule has 2 aromatic rings. The fourth-order valence-corrected chi connectivity index (χ4v) is 2.10. The van der Waals surface area contributed by atoms with Gasteiger partial charge in [-0.3, -0.25) is 4.68 Å². The molecule has 16 heavy (non-hydrogen) atoms. The molecule has 4 heteroatoms. The Labute approximate surface area is 103 Å². The Morgan fingerprint density at radius 1 is 1.44 bits per heavy atom. The molecule has 1 heterocycles. The van der Waals surface area contributed by atoms with Crippen molar-refractivity contribution < 1.29 is 0 Å². The molecule has 0 bridgehead atoms. The maximum Gasteiger partial charge on any atom is 0.0537 e. The minimum atomic E-state index is -0.00704. The van der Waals surface area contributed by atoms with Gasteiger partial charge < -0.3 is 5.73 Å². The van der Waals surface area contributed by atoms with Crippen molar-refractivity contribution in [2.45, 2.75) is 12.5 Å². The lowest BCUT2D eigenvalue weighted by Gasteiger charge is -2.10.